The number of nitrogens with two attached hydrogens (primary N) is 4. The van der Waals surface area contributed by atoms with Crippen molar-refractivity contribution in [1.29, 1.82) is 0 Å². The van der Waals surface area contributed by atoms with Crippen LogP contribution in [0.25, 0.3) is 0 Å². The highest BCUT2D eigenvalue weighted by Crippen LogP contribution is 2.07. The predicted molar refractivity (Wildman–Crippen MR) is 136 cm³/mol. The van der Waals surface area contributed by atoms with Crippen molar-refractivity contribution in [2.24, 2.45) is 22.9 Å². The van der Waals surface area contributed by atoms with Crippen LogP contribution < -0.4 is 28.3 Å². The first kappa shape index (κ1) is 33.5. The van der Waals surface area contributed by atoms with E-state index in [0.29, 0.717) is 30.6 Å². The number of benzene rings is 2. The van der Waals surface area contributed by atoms with E-state index in [4.69, 9.17) is 27.4 Å². The molecule has 0 saturated heterocycles. The van der Waals surface area contributed by atoms with Gasteiger partial charge in [0.1, 0.15) is 12.3 Å². The molecule has 0 aromatic heterocycles. The molecule has 11 N–H and O–H groups in total. The van der Waals surface area contributed by atoms with Gasteiger partial charge in [0.25, 0.3) is 0 Å². The molecule has 0 unspecified atom stereocenters. The predicted octanol–water partition coefficient (Wildman–Crippen LogP) is 0.812. The minimum Gasteiger partial charge on any atom is -0.480 e. The monoisotopic (exact) mass is 491 g/mol. The number of aliphatic carboxylic acids is 2. The molecule has 1 amide bonds. The lowest BCUT2D eigenvalue weighted by molar-refractivity contribution is -0.138. The van der Waals surface area contributed by atoms with E-state index >= 15 is 0 Å². The Labute approximate surface area is 205 Å². The zero-order valence-electron chi connectivity index (χ0n) is 19.9. The number of hydrogen-bond acceptors (Lipinski definition) is 8. The summed E-state index contributed by atoms with van der Waals surface area (Å²) in [5.74, 6) is -2.04. The van der Waals surface area contributed by atoms with Crippen molar-refractivity contribution in [3.8, 4) is 0 Å². The van der Waals surface area contributed by atoms with Gasteiger partial charge in [0.15, 0.2) is 0 Å². The van der Waals surface area contributed by atoms with Gasteiger partial charge in [-0.05, 0) is 62.2 Å². The number of rotatable bonds is 9. The van der Waals surface area contributed by atoms with Crippen molar-refractivity contribution < 1.29 is 29.4 Å². The summed E-state index contributed by atoms with van der Waals surface area (Å²) in [7, 11) is 0. The van der Waals surface area contributed by atoms with E-state index in [0.717, 1.165) is 19.3 Å². The Morgan fingerprint density at radius 3 is 1.86 bits per heavy atom. The fourth-order valence-electron chi connectivity index (χ4n) is 2.12. The van der Waals surface area contributed by atoms with Crippen LogP contribution in [0, 0.1) is 0 Å². The zero-order valence-corrected chi connectivity index (χ0v) is 19.9. The Bertz CT molecular complexity index is 847. The number of hydrogen-bond donors (Lipinski definition) is 7. The summed E-state index contributed by atoms with van der Waals surface area (Å²) in [5, 5.41) is 18.4. The van der Waals surface area contributed by atoms with Crippen LogP contribution in [0.5, 0.6) is 0 Å². The first-order valence-corrected chi connectivity index (χ1v) is 10.8. The zero-order chi connectivity index (χ0) is 27.1. The minimum absolute atomic E-state index is 0.117. The Kier molecular flexibility index (Phi) is 21.2. The van der Waals surface area contributed by atoms with Crippen LogP contribution in [0.15, 0.2) is 54.6 Å². The van der Waals surface area contributed by atoms with Gasteiger partial charge >= 0.3 is 11.9 Å². The maximum Gasteiger partial charge on any atom is 0.320 e. The van der Waals surface area contributed by atoms with Gasteiger partial charge in [-0.1, -0.05) is 30.3 Å². The molecule has 0 aliphatic carbocycles. The second-order valence-electron chi connectivity index (χ2n) is 6.92. The lowest BCUT2D eigenvalue weighted by Crippen LogP contribution is -2.30. The third kappa shape index (κ3) is 21.9. The maximum absolute atomic E-state index is 10.6. The smallest absolute Gasteiger partial charge is 0.320 e. The normalized spacial score (nSPS) is 9.97. The summed E-state index contributed by atoms with van der Waals surface area (Å²) < 4.78 is 0. The number of nitrogens with one attached hydrogen (secondary N) is 1. The van der Waals surface area contributed by atoms with Crippen molar-refractivity contribution in [2.45, 2.75) is 32.2 Å². The number of carbonyl (C=O) groups excluding carboxylic acids is 2. The molecule has 0 spiro atoms. The lowest BCUT2D eigenvalue weighted by atomic mass is 10.2. The van der Waals surface area contributed by atoms with E-state index in [-0.39, 0.29) is 12.5 Å². The summed E-state index contributed by atoms with van der Waals surface area (Å²) in [5.41, 5.74) is 22.8. The summed E-state index contributed by atoms with van der Waals surface area (Å²) in [6, 6.07) is 16.2. The molecule has 0 fully saturated rings. The number of aldehydes is 1. The maximum atomic E-state index is 10.6. The molecule has 1 atom stereocenters. The van der Waals surface area contributed by atoms with Gasteiger partial charge in [0.05, 0.1) is 6.54 Å². The van der Waals surface area contributed by atoms with Crippen LogP contribution in [0.3, 0.4) is 0 Å². The fraction of sp³-hybridized carbons (Fsp3) is 0.333. The molecule has 11 heteroatoms. The third-order valence-electron chi connectivity index (χ3n) is 3.85. The van der Waals surface area contributed by atoms with Crippen molar-refractivity contribution in [1.82, 2.24) is 0 Å². The lowest BCUT2D eigenvalue weighted by Gasteiger charge is -2.02. The van der Waals surface area contributed by atoms with Gasteiger partial charge in [-0.25, -0.2) is 0 Å². The minimum atomic E-state index is -0.968. The van der Waals surface area contributed by atoms with E-state index in [9.17, 15) is 19.2 Å². The van der Waals surface area contributed by atoms with Crippen LogP contribution in [0.4, 0.5) is 5.69 Å². The topological polar surface area (TPSA) is 225 Å². The number of carboxylic acids is 2. The first-order chi connectivity index (χ1) is 16.6. The average Bonchev–Trinajstić information content (AvgIpc) is 2.84. The molecule has 0 heterocycles. The molecular formula is C24H37N5O6. The Morgan fingerprint density at radius 2 is 1.49 bits per heavy atom. The molecule has 0 aliphatic rings. The van der Waals surface area contributed by atoms with Crippen molar-refractivity contribution >= 4 is 29.8 Å². The Hall–Kier alpha value is -3.64. The SMILES string of the molecule is CC(=O)Nc1ccc(C=O)cc1.NCC(=O)O.NCCC[C@H](N)C(=O)O.NCCc1ccccc1. The van der Waals surface area contributed by atoms with E-state index in [1.165, 1.54) is 12.5 Å². The average molecular weight is 492 g/mol. The molecule has 11 nitrogen and oxygen atoms in total. The quantitative estimate of drug-likeness (QED) is 0.244. The van der Waals surface area contributed by atoms with Crippen molar-refractivity contribution in [3.05, 3.63) is 65.7 Å². The fourth-order valence-corrected chi connectivity index (χ4v) is 2.12. The van der Waals surface area contributed by atoms with E-state index in [2.05, 4.69) is 23.2 Å². The molecule has 0 saturated carbocycles. The van der Waals surface area contributed by atoms with Gasteiger partial charge in [-0.2, -0.15) is 0 Å². The second kappa shape index (κ2) is 22.2. The molecule has 2 aromatic carbocycles. The van der Waals surface area contributed by atoms with E-state index < -0.39 is 18.0 Å². The van der Waals surface area contributed by atoms with Gasteiger partial charge in [-0.15, -0.1) is 0 Å². The molecule has 2 rings (SSSR count). The van der Waals surface area contributed by atoms with Gasteiger partial charge in [-0.3, -0.25) is 19.2 Å². The largest absolute Gasteiger partial charge is 0.480 e. The van der Waals surface area contributed by atoms with Crippen LogP contribution in [-0.2, 0) is 20.8 Å². The van der Waals surface area contributed by atoms with Crippen LogP contribution in [0.2, 0.25) is 0 Å². The Morgan fingerprint density at radius 1 is 0.943 bits per heavy atom. The van der Waals surface area contributed by atoms with Gasteiger partial charge < -0.3 is 38.5 Å². The highest BCUT2D eigenvalue weighted by Gasteiger charge is 2.08. The summed E-state index contributed by atoms with van der Waals surface area (Å²) >= 11 is 0. The molecule has 0 aliphatic heterocycles. The van der Waals surface area contributed by atoms with E-state index in [1.54, 1.807) is 24.3 Å². The van der Waals surface area contributed by atoms with Crippen molar-refractivity contribution in [3.63, 3.8) is 0 Å². The molecule has 2 aromatic rings. The molecule has 0 radical (unpaired) electrons. The van der Waals surface area contributed by atoms with Gasteiger partial charge in [0, 0.05) is 18.2 Å². The van der Waals surface area contributed by atoms with Crippen molar-refractivity contribution in [2.75, 3.05) is 25.0 Å². The molecule has 0 bridgehead atoms. The molecular weight excluding hydrogens is 454 g/mol. The number of carbonyl (C=O) groups is 4. The standard InChI is InChI=1S/C9H9NO2.C8H11N.C5H12N2O2.C2H5NO2/c1-7(12)10-9-4-2-8(6-11)3-5-9;9-7-6-8-4-2-1-3-5-8;6-3-1-2-4(7)5(8)9;3-1-2(4)5/h2-6H,1H3,(H,10,12);1-5H,6-7,9H2;4H,1-3,6-7H2,(H,8,9);1,3H2,(H,4,5)/t;;4-;/m..0./s1. The first-order valence-electron chi connectivity index (χ1n) is 10.8. The second-order valence-corrected chi connectivity index (χ2v) is 6.92. The Balaban J connectivity index is 0. The number of amides is 1. The number of anilines is 1. The van der Waals surface area contributed by atoms with Gasteiger partial charge in [0.2, 0.25) is 5.91 Å². The third-order valence-corrected chi connectivity index (χ3v) is 3.85. The summed E-state index contributed by atoms with van der Waals surface area (Å²) in [4.78, 5) is 40.1. The summed E-state index contributed by atoms with van der Waals surface area (Å²) in [6.45, 7) is 2.40. The summed E-state index contributed by atoms with van der Waals surface area (Å²) in [6.07, 6.45) is 2.89. The van der Waals surface area contributed by atoms with Crippen LogP contribution in [0.1, 0.15) is 35.7 Å². The van der Waals surface area contributed by atoms with E-state index in [1.807, 2.05) is 18.2 Å². The highest BCUT2D eigenvalue weighted by molar-refractivity contribution is 5.89. The molecule has 194 valence electrons. The number of carboxylic acid groups (broad SMARTS) is 2. The van der Waals surface area contributed by atoms with Crippen LogP contribution in [-0.4, -0.2) is 60.0 Å². The molecule has 35 heavy (non-hydrogen) atoms. The van der Waals surface area contributed by atoms with Crippen LogP contribution >= 0.6 is 0 Å². The highest BCUT2D eigenvalue weighted by atomic mass is 16.4.